The topological polar surface area (TPSA) is 90.4 Å². The van der Waals surface area contributed by atoms with E-state index >= 15 is 0 Å². The highest BCUT2D eigenvalue weighted by molar-refractivity contribution is 5.68. The molecule has 19 heavy (non-hydrogen) atoms. The van der Waals surface area contributed by atoms with Crippen LogP contribution >= 0.6 is 0 Å². The third-order valence-corrected chi connectivity index (χ3v) is 2.55. The summed E-state index contributed by atoms with van der Waals surface area (Å²) < 4.78 is 5.56. The van der Waals surface area contributed by atoms with Crippen LogP contribution in [0.4, 0.5) is 11.4 Å². The molecule has 0 saturated heterocycles. The summed E-state index contributed by atoms with van der Waals surface area (Å²) in [5.74, 6) is 5.95. The number of rotatable bonds is 4. The summed E-state index contributed by atoms with van der Waals surface area (Å²) in [4.78, 5) is 10.6. The van der Waals surface area contributed by atoms with Gasteiger partial charge in [0, 0.05) is 0 Å². The van der Waals surface area contributed by atoms with Crippen molar-refractivity contribution in [2.75, 3.05) is 5.43 Å². The van der Waals surface area contributed by atoms with Gasteiger partial charge in [0.05, 0.1) is 4.92 Å². The van der Waals surface area contributed by atoms with Crippen LogP contribution < -0.4 is 16.0 Å². The molecule has 0 unspecified atom stereocenters. The summed E-state index contributed by atoms with van der Waals surface area (Å²) >= 11 is 0. The summed E-state index contributed by atoms with van der Waals surface area (Å²) in [5.41, 5.74) is 3.32. The molecule has 2 rings (SSSR count). The number of nitrogens with two attached hydrogens (primary N) is 1. The van der Waals surface area contributed by atoms with Gasteiger partial charge in [0.1, 0.15) is 11.4 Å². The molecule has 0 bridgehead atoms. The van der Waals surface area contributed by atoms with Gasteiger partial charge in [-0.25, -0.2) is 0 Å². The summed E-state index contributed by atoms with van der Waals surface area (Å²) in [5, 5.41) is 11.1. The maximum atomic E-state index is 11.1. The Hall–Kier alpha value is -2.60. The number of hydrogen-bond acceptors (Lipinski definition) is 5. The normalized spacial score (nSPS) is 10.0. The van der Waals surface area contributed by atoms with E-state index in [0.717, 1.165) is 5.56 Å². The van der Waals surface area contributed by atoms with E-state index < -0.39 is 4.92 Å². The Morgan fingerprint density at radius 2 is 2.00 bits per heavy atom. The fraction of sp³-hybridized carbons (Fsp3) is 0.0769. The predicted octanol–water partition coefficient (Wildman–Crippen LogP) is 2.98. The standard InChI is InChI=1S/C13H13N3O3/c1-9-4-2-5-10(8-9)19-12-7-3-6-11(15-14)13(12)16(17)18/h2-8,15H,14H2,1H3. The summed E-state index contributed by atoms with van der Waals surface area (Å²) in [6.45, 7) is 1.92. The summed E-state index contributed by atoms with van der Waals surface area (Å²) in [6, 6.07) is 11.9. The van der Waals surface area contributed by atoms with Gasteiger partial charge in [-0.05, 0) is 36.8 Å². The molecule has 0 fully saturated rings. The number of nitro groups is 1. The highest BCUT2D eigenvalue weighted by Gasteiger charge is 2.20. The van der Waals surface area contributed by atoms with Crippen molar-refractivity contribution in [1.29, 1.82) is 0 Å². The van der Waals surface area contributed by atoms with Gasteiger partial charge >= 0.3 is 5.69 Å². The number of anilines is 1. The Kier molecular flexibility index (Phi) is 3.63. The Labute approximate surface area is 109 Å². The summed E-state index contributed by atoms with van der Waals surface area (Å²) in [7, 11) is 0. The average molecular weight is 259 g/mol. The maximum absolute atomic E-state index is 11.1. The van der Waals surface area contributed by atoms with E-state index in [2.05, 4.69) is 5.43 Å². The number of benzene rings is 2. The lowest BCUT2D eigenvalue weighted by atomic mass is 10.2. The molecule has 0 aliphatic heterocycles. The Balaban J connectivity index is 2.42. The van der Waals surface area contributed by atoms with Crippen molar-refractivity contribution in [2.45, 2.75) is 6.92 Å². The van der Waals surface area contributed by atoms with E-state index in [4.69, 9.17) is 10.6 Å². The minimum atomic E-state index is -0.527. The molecule has 0 aromatic heterocycles. The van der Waals surface area contributed by atoms with Crippen LogP contribution in [0.1, 0.15) is 5.56 Å². The van der Waals surface area contributed by atoms with Crippen molar-refractivity contribution in [1.82, 2.24) is 0 Å². The number of aryl methyl sites for hydroxylation is 1. The van der Waals surface area contributed by atoms with Gasteiger partial charge in [0.25, 0.3) is 0 Å². The second-order valence-corrected chi connectivity index (χ2v) is 3.97. The van der Waals surface area contributed by atoms with Crippen LogP contribution in [0.2, 0.25) is 0 Å². The van der Waals surface area contributed by atoms with E-state index in [-0.39, 0.29) is 17.1 Å². The van der Waals surface area contributed by atoms with Crippen molar-refractivity contribution in [3.8, 4) is 11.5 Å². The molecule has 0 aliphatic rings. The number of nitrogen functional groups attached to an aromatic ring is 1. The van der Waals surface area contributed by atoms with Gasteiger partial charge in [-0.3, -0.25) is 16.0 Å². The molecule has 0 radical (unpaired) electrons. The fourth-order valence-electron chi connectivity index (χ4n) is 1.72. The lowest BCUT2D eigenvalue weighted by Crippen LogP contribution is -2.09. The van der Waals surface area contributed by atoms with Crippen molar-refractivity contribution >= 4 is 11.4 Å². The van der Waals surface area contributed by atoms with E-state index in [1.807, 2.05) is 19.1 Å². The van der Waals surface area contributed by atoms with Gasteiger partial charge in [0.2, 0.25) is 5.75 Å². The lowest BCUT2D eigenvalue weighted by Gasteiger charge is -2.09. The van der Waals surface area contributed by atoms with Crippen molar-refractivity contribution in [2.24, 2.45) is 5.84 Å². The fourth-order valence-corrected chi connectivity index (χ4v) is 1.72. The molecule has 3 N–H and O–H groups in total. The quantitative estimate of drug-likeness (QED) is 0.500. The Bertz CT molecular complexity index is 614. The van der Waals surface area contributed by atoms with E-state index in [1.165, 1.54) is 12.1 Å². The molecule has 2 aromatic rings. The summed E-state index contributed by atoms with van der Waals surface area (Å²) in [6.07, 6.45) is 0. The zero-order chi connectivity index (χ0) is 13.8. The number of nitro benzene ring substituents is 1. The first-order valence-corrected chi connectivity index (χ1v) is 5.60. The van der Waals surface area contributed by atoms with Gasteiger partial charge in [-0.2, -0.15) is 0 Å². The molecular weight excluding hydrogens is 246 g/mol. The predicted molar refractivity (Wildman–Crippen MR) is 72.2 cm³/mol. The van der Waals surface area contributed by atoms with Gasteiger partial charge in [-0.1, -0.05) is 18.2 Å². The molecule has 6 nitrogen and oxygen atoms in total. The number of hydrogen-bond donors (Lipinski definition) is 2. The first-order valence-electron chi connectivity index (χ1n) is 5.60. The molecule has 0 aliphatic carbocycles. The van der Waals surface area contributed by atoms with Crippen LogP contribution in [0.15, 0.2) is 42.5 Å². The van der Waals surface area contributed by atoms with Crippen molar-refractivity contribution < 1.29 is 9.66 Å². The minimum absolute atomic E-state index is 0.144. The van der Waals surface area contributed by atoms with Crippen LogP contribution in [0.3, 0.4) is 0 Å². The third kappa shape index (κ3) is 2.80. The number of nitrogens with one attached hydrogen (secondary N) is 1. The molecule has 0 saturated carbocycles. The molecular formula is C13H13N3O3. The third-order valence-electron chi connectivity index (χ3n) is 2.55. The second kappa shape index (κ2) is 5.36. The lowest BCUT2D eigenvalue weighted by molar-refractivity contribution is -0.384. The van der Waals surface area contributed by atoms with Crippen LogP contribution in [0.25, 0.3) is 0 Å². The van der Waals surface area contributed by atoms with Crippen LogP contribution in [0, 0.1) is 17.0 Å². The second-order valence-electron chi connectivity index (χ2n) is 3.97. The number of ether oxygens (including phenoxy) is 1. The molecule has 2 aromatic carbocycles. The zero-order valence-electron chi connectivity index (χ0n) is 10.3. The first kappa shape index (κ1) is 12.8. The van der Waals surface area contributed by atoms with Gasteiger partial charge < -0.3 is 10.2 Å². The van der Waals surface area contributed by atoms with Crippen LogP contribution in [0.5, 0.6) is 11.5 Å². The maximum Gasteiger partial charge on any atom is 0.335 e. The Morgan fingerprint density at radius 1 is 1.26 bits per heavy atom. The minimum Gasteiger partial charge on any atom is -0.450 e. The smallest absolute Gasteiger partial charge is 0.335 e. The van der Waals surface area contributed by atoms with Gasteiger partial charge in [0.15, 0.2) is 0 Å². The van der Waals surface area contributed by atoms with Crippen LogP contribution in [-0.4, -0.2) is 4.92 Å². The molecule has 6 heteroatoms. The van der Waals surface area contributed by atoms with Crippen molar-refractivity contribution in [3.63, 3.8) is 0 Å². The average Bonchev–Trinajstić information content (AvgIpc) is 2.38. The van der Waals surface area contributed by atoms with Crippen LogP contribution in [-0.2, 0) is 0 Å². The van der Waals surface area contributed by atoms with E-state index in [1.54, 1.807) is 18.2 Å². The zero-order valence-corrected chi connectivity index (χ0v) is 10.3. The first-order chi connectivity index (χ1) is 9.11. The highest BCUT2D eigenvalue weighted by Crippen LogP contribution is 2.36. The van der Waals surface area contributed by atoms with E-state index in [9.17, 15) is 10.1 Å². The molecule has 98 valence electrons. The molecule has 0 heterocycles. The van der Waals surface area contributed by atoms with Crippen molar-refractivity contribution in [3.05, 3.63) is 58.1 Å². The molecule has 0 atom stereocenters. The molecule has 0 amide bonds. The monoisotopic (exact) mass is 259 g/mol. The van der Waals surface area contributed by atoms with E-state index in [0.29, 0.717) is 5.75 Å². The number of para-hydroxylation sites is 1. The largest absolute Gasteiger partial charge is 0.450 e. The molecule has 0 spiro atoms. The number of nitrogens with zero attached hydrogens (tertiary/aromatic N) is 1. The van der Waals surface area contributed by atoms with Gasteiger partial charge in [-0.15, -0.1) is 0 Å². The SMILES string of the molecule is Cc1cccc(Oc2cccc(NN)c2[N+](=O)[O-])c1. The number of hydrazine groups is 1. The highest BCUT2D eigenvalue weighted by atomic mass is 16.6. The Morgan fingerprint density at radius 3 is 2.63 bits per heavy atom.